The molecule has 1 saturated heterocycles. The molecule has 0 radical (unpaired) electrons. The van der Waals surface area contributed by atoms with Gasteiger partial charge in [0, 0.05) is 62.8 Å². The highest BCUT2D eigenvalue weighted by Crippen LogP contribution is 2.38. The molecule has 3 aromatic rings. The molecule has 2 fully saturated rings. The second kappa shape index (κ2) is 12.9. The van der Waals surface area contributed by atoms with Gasteiger partial charge in [-0.1, -0.05) is 12.1 Å². The summed E-state index contributed by atoms with van der Waals surface area (Å²) in [6.45, 7) is 3.42. The van der Waals surface area contributed by atoms with Crippen LogP contribution < -0.4 is 15.0 Å². The predicted octanol–water partition coefficient (Wildman–Crippen LogP) is 7.15. The number of hydrogen-bond acceptors (Lipinski definition) is 7. The highest BCUT2D eigenvalue weighted by molar-refractivity contribution is 5.55. The van der Waals surface area contributed by atoms with E-state index in [1.165, 1.54) is 18.2 Å². The zero-order valence-corrected chi connectivity index (χ0v) is 23.6. The zero-order chi connectivity index (χ0) is 31.5. The first kappa shape index (κ1) is 31.4. The van der Waals surface area contributed by atoms with Gasteiger partial charge in [-0.05, 0) is 61.6 Å². The molecule has 1 aliphatic carbocycles. The van der Waals surface area contributed by atoms with Crippen LogP contribution in [-0.4, -0.2) is 53.1 Å². The maximum atomic E-state index is 13.3. The Hall–Kier alpha value is -4.07. The fourth-order valence-electron chi connectivity index (χ4n) is 5.60. The van der Waals surface area contributed by atoms with Crippen LogP contribution in [0, 0.1) is 10.1 Å². The van der Waals surface area contributed by atoms with Gasteiger partial charge in [-0.25, -0.2) is 4.98 Å². The van der Waals surface area contributed by atoms with Gasteiger partial charge in [0.05, 0.1) is 16.6 Å². The SMILES string of the molecule is O=[N+]([O-])c1ccc(N[C@H]2CC[C@H](Oc3ccnc(N4CCN(Cc5ccc(C(F)(F)F)cc5)CC4)c3)CC2)cc1C(F)(F)F. The predicted molar refractivity (Wildman–Crippen MR) is 152 cm³/mol. The molecule has 1 aliphatic heterocycles. The van der Waals surface area contributed by atoms with Gasteiger partial charge in [0.15, 0.2) is 0 Å². The topological polar surface area (TPSA) is 83.8 Å². The third kappa shape index (κ3) is 7.90. The average Bonchev–Trinajstić information content (AvgIpc) is 2.98. The number of pyridine rings is 1. The molecule has 0 bridgehead atoms. The van der Waals surface area contributed by atoms with Gasteiger partial charge in [-0.15, -0.1) is 0 Å². The minimum atomic E-state index is -4.84. The quantitative estimate of drug-likeness (QED) is 0.162. The Balaban J connectivity index is 1.09. The van der Waals surface area contributed by atoms with Crippen molar-refractivity contribution in [3.05, 3.63) is 87.6 Å². The number of nitro benzene ring substituents is 1. The molecule has 44 heavy (non-hydrogen) atoms. The molecule has 1 aromatic heterocycles. The molecule has 14 heteroatoms. The maximum Gasteiger partial charge on any atom is 0.423 e. The van der Waals surface area contributed by atoms with E-state index in [2.05, 4.69) is 20.1 Å². The molecule has 0 atom stereocenters. The third-order valence-electron chi connectivity index (χ3n) is 7.95. The van der Waals surface area contributed by atoms with Crippen LogP contribution in [0.25, 0.3) is 0 Å². The molecule has 2 heterocycles. The highest BCUT2D eigenvalue weighted by Gasteiger charge is 2.38. The largest absolute Gasteiger partial charge is 0.490 e. The smallest absolute Gasteiger partial charge is 0.423 e. The van der Waals surface area contributed by atoms with E-state index >= 15 is 0 Å². The Kier molecular flexibility index (Phi) is 9.18. The number of alkyl halides is 6. The van der Waals surface area contributed by atoms with Crippen LogP contribution in [0.3, 0.4) is 0 Å². The Bertz CT molecular complexity index is 1430. The van der Waals surface area contributed by atoms with Crippen molar-refractivity contribution in [2.75, 3.05) is 36.4 Å². The first-order chi connectivity index (χ1) is 20.8. The Morgan fingerprint density at radius 3 is 2.18 bits per heavy atom. The summed E-state index contributed by atoms with van der Waals surface area (Å²) in [6.07, 6.45) is -4.92. The van der Waals surface area contributed by atoms with Crippen LogP contribution in [-0.2, 0) is 18.9 Å². The Labute approximate surface area is 249 Å². The summed E-state index contributed by atoms with van der Waals surface area (Å²) >= 11 is 0. The summed E-state index contributed by atoms with van der Waals surface area (Å²) < 4.78 is 84.7. The number of piperazine rings is 1. The Morgan fingerprint density at radius 2 is 1.57 bits per heavy atom. The number of nitrogens with zero attached hydrogens (tertiary/aromatic N) is 4. The molecule has 0 unspecified atom stereocenters. The molecule has 1 N–H and O–H groups in total. The van der Waals surface area contributed by atoms with Crippen LogP contribution in [0.2, 0.25) is 0 Å². The molecular weight excluding hydrogens is 592 g/mol. The summed E-state index contributed by atoms with van der Waals surface area (Å²) in [7, 11) is 0. The zero-order valence-electron chi connectivity index (χ0n) is 23.6. The first-order valence-electron chi connectivity index (χ1n) is 14.2. The average molecular weight is 624 g/mol. The number of aromatic nitrogens is 1. The van der Waals surface area contributed by atoms with Crippen molar-refractivity contribution in [1.29, 1.82) is 0 Å². The Morgan fingerprint density at radius 1 is 0.886 bits per heavy atom. The number of nitrogens with one attached hydrogen (secondary N) is 1. The van der Waals surface area contributed by atoms with Gasteiger partial charge >= 0.3 is 12.4 Å². The normalized spacial score (nSPS) is 19.9. The van der Waals surface area contributed by atoms with Gasteiger partial charge in [0.2, 0.25) is 0 Å². The van der Waals surface area contributed by atoms with Crippen molar-refractivity contribution in [2.45, 2.75) is 56.7 Å². The summed E-state index contributed by atoms with van der Waals surface area (Å²) in [4.78, 5) is 18.8. The second-order valence-corrected chi connectivity index (χ2v) is 11.0. The van der Waals surface area contributed by atoms with Crippen LogP contribution in [0.5, 0.6) is 5.75 Å². The van der Waals surface area contributed by atoms with E-state index in [0.717, 1.165) is 48.7 Å². The van der Waals surface area contributed by atoms with Crippen LogP contribution >= 0.6 is 0 Å². The third-order valence-corrected chi connectivity index (χ3v) is 7.95. The summed E-state index contributed by atoms with van der Waals surface area (Å²) in [5.41, 5.74) is -1.90. The van der Waals surface area contributed by atoms with E-state index in [0.29, 0.717) is 51.1 Å². The monoisotopic (exact) mass is 623 g/mol. The number of nitro groups is 1. The number of benzene rings is 2. The first-order valence-corrected chi connectivity index (χ1v) is 14.2. The summed E-state index contributed by atoms with van der Waals surface area (Å²) in [5, 5.41) is 14.1. The summed E-state index contributed by atoms with van der Waals surface area (Å²) in [5.74, 6) is 1.44. The van der Waals surface area contributed by atoms with Crippen LogP contribution in [0.1, 0.15) is 42.4 Å². The van der Waals surface area contributed by atoms with E-state index in [9.17, 15) is 36.5 Å². The molecule has 236 valence electrons. The van der Waals surface area contributed by atoms with Crippen molar-refractivity contribution in [1.82, 2.24) is 9.88 Å². The maximum absolute atomic E-state index is 13.3. The van der Waals surface area contributed by atoms with Gasteiger partial charge in [0.25, 0.3) is 5.69 Å². The van der Waals surface area contributed by atoms with E-state index in [-0.39, 0.29) is 17.8 Å². The van der Waals surface area contributed by atoms with Crippen molar-refractivity contribution in [3.63, 3.8) is 0 Å². The number of ether oxygens (including phenoxy) is 1. The standard InChI is InChI=1S/C30H31F6N5O3/c31-29(32,33)21-3-1-20(2-4-21)19-39-13-15-40(16-14-39)28-18-25(11-12-37-28)44-24-8-5-22(6-9-24)38-23-7-10-27(41(42)43)26(17-23)30(34,35)36/h1-4,7,10-12,17-18,22,24,38H,5-6,8-9,13-16,19H2/t22-,24-. The summed E-state index contributed by atoms with van der Waals surface area (Å²) in [6, 6.07) is 11.8. The van der Waals surface area contributed by atoms with Crippen molar-refractivity contribution >= 4 is 17.2 Å². The van der Waals surface area contributed by atoms with E-state index < -0.39 is 34.1 Å². The molecular formula is C30H31F6N5O3. The van der Waals surface area contributed by atoms with E-state index in [4.69, 9.17) is 4.74 Å². The number of hydrogen-bond donors (Lipinski definition) is 1. The second-order valence-electron chi connectivity index (χ2n) is 11.0. The van der Waals surface area contributed by atoms with Gasteiger partial charge < -0.3 is 15.0 Å². The number of anilines is 2. The van der Waals surface area contributed by atoms with Crippen molar-refractivity contribution < 1.29 is 36.0 Å². The van der Waals surface area contributed by atoms with E-state index in [1.807, 2.05) is 6.07 Å². The molecule has 2 aromatic carbocycles. The molecule has 0 spiro atoms. The van der Waals surface area contributed by atoms with E-state index in [1.54, 1.807) is 12.3 Å². The molecule has 2 aliphatic rings. The lowest BCUT2D eigenvalue weighted by atomic mass is 9.92. The van der Waals surface area contributed by atoms with Gasteiger partial charge in [0.1, 0.15) is 17.1 Å². The van der Waals surface area contributed by atoms with Gasteiger partial charge in [-0.3, -0.25) is 15.0 Å². The van der Waals surface area contributed by atoms with Crippen LogP contribution in [0.15, 0.2) is 60.8 Å². The van der Waals surface area contributed by atoms with Crippen molar-refractivity contribution in [2.24, 2.45) is 0 Å². The lowest BCUT2D eigenvalue weighted by Gasteiger charge is -2.35. The molecule has 1 saturated carbocycles. The fraction of sp³-hybridized carbons (Fsp3) is 0.433. The number of rotatable bonds is 8. The molecule has 8 nitrogen and oxygen atoms in total. The highest BCUT2D eigenvalue weighted by atomic mass is 19.4. The minimum Gasteiger partial charge on any atom is -0.490 e. The minimum absolute atomic E-state index is 0.0773. The molecule has 0 amide bonds. The van der Waals surface area contributed by atoms with Gasteiger partial charge in [-0.2, -0.15) is 26.3 Å². The molecule has 5 rings (SSSR count). The lowest BCUT2D eigenvalue weighted by Crippen LogP contribution is -2.46. The fourth-order valence-corrected chi connectivity index (χ4v) is 5.60. The number of halogens is 6. The van der Waals surface area contributed by atoms with Crippen LogP contribution in [0.4, 0.5) is 43.5 Å². The lowest BCUT2D eigenvalue weighted by molar-refractivity contribution is -0.388. The van der Waals surface area contributed by atoms with Crippen molar-refractivity contribution in [3.8, 4) is 5.75 Å².